The number of anilines is 1. The van der Waals surface area contributed by atoms with Crippen LogP contribution in [-0.4, -0.2) is 63.1 Å². The number of ether oxygens (including phenoxy) is 1. The molecule has 0 atom stereocenters. The van der Waals surface area contributed by atoms with Gasteiger partial charge in [-0.25, -0.2) is 0 Å². The number of rotatable bonds is 6. The second-order valence-corrected chi connectivity index (χ2v) is 7.09. The summed E-state index contributed by atoms with van der Waals surface area (Å²) in [5.41, 5.74) is 6.00. The number of piperazine rings is 1. The van der Waals surface area contributed by atoms with Crippen molar-refractivity contribution in [1.82, 2.24) is 10.2 Å². The molecule has 1 aromatic carbocycles. The summed E-state index contributed by atoms with van der Waals surface area (Å²) < 4.78 is 5.22. The monoisotopic (exact) mass is 489 g/mol. The molecule has 8 heteroatoms. The summed E-state index contributed by atoms with van der Waals surface area (Å²) in [6.07, 6.45) is 0. The van der Waals surface area contributed by atoms with Crippen molar-refractivity contribution < 1.29 is 9.53 Å². The number of primary amides is 1. The van der Waals surface area contributed by atoms with E-state index < -0.39 is 5.41 Å². The van der Waals surface area contributed by atoms with Gasteiger partial charge in [-0.2, -0.15) is 0 Å². The summed E-state index contributed by atoms with van der Waals surface area (Å²) >= 11 is 0. The third-order valence-electron chi connectivity index (χ3n) is 4.64. The number of guanidine groups is 1. The maximum absolute atomic E-state index is 11.5. The molecule has 1 amide bonds. The SMILES string of the molecule is CCNC(=NCC(C)(C)C(N)=O)N1CCN(c2ccc(OC)cc2)CC1.I. The molecule has 0 radical (unpaired) electrons. The first-order chi connectivity index (χ1) is 12.4. The Balaban J connectivity index is 0.00000364. The van der Waals surface area contributed by atoms with Crippen molar-refractivity contribution in [2.45, 2.75) is 20.8 Å². The number of nitrogens with zero attached hydrogens (tertiary/aromatic N) is 3. The second-order valence-electron chi connectivity index (χ2n) is 7.09. The van der Waals surface area contributed by atoms with Crippen molar-refractivity contribution in [2.75, 3.05) is 51.3 Å². The van der Waals surface area contributed by atoms with Gasteiger partial charge in [0, 0.05) is 38.4 Å². The fourth-order valence-electron chi connectivity index (χ4n) is 2.75. The van der Waals surface area contributed by atoms with E-state index in [1.165, 1.54) is 5.69 Å². The van der Waals surface area contributed by atoms with Gasteiger partial charge in [0.05, 0.1) is 19.1 Å². The number of nitrogens with one attached hydrogen (secondary N) is 1. The Kier molecular flexibility index (Phi) is 9.14. The molecule has 0 spiro atoms. The first-order valence-electron chi connectivity index (χ1n) is 9.09. The molecular formula is C19H32IN5O2. The van der Waals surface area contributed by atoms with Gasteiger partial charge in [0.1, 0.15) is 5.75 Å². The highest BCUT2D eigenvalue weighted by Crippen LogP contribution is 2.21. The Morgan fingerprint density at radius 3 is 2.30 bits per heavy atom. The third-order valence-corrected chi connectivity index (χ3v) is 4.64. The Morgan fingerprint density at radius 2 is 1.81 bits per heavy atom. The Bertz CT molecular complexity index is 625. The van der Waals surface area contributed by atoms with Crippen molar-refractivity contribution in [1.29, 1.82) is 0 Å². The minimum absolute atomic E-state index is 0. The van der Waals surface area contributed by atoms with Crippen LogP contribution in [0.2, 0.25) is 0 Å². The van der Waals surface area contributed by atoms with Crippen molar-refractivity contribution in [3.63, 3.8) is 0 Å². The molecule has 2 rings (SSSR count). The highest BCUT2D eigenvalue weighted by Gasteiger charge is 2.26. The number of hydrogen-bond acceptors (Lipinski definition) is 4. The van der Waals surface area contributed by atoms with Gasteiger partial charge < -0.3 is 25.6 Å². The highest BCUT2D eigenvalue weighted by molar-refractivity contribution is 14.0. The predicted octanol–water partition coefficient (Wildman–Crippen LogP) is 1.91. The summed E-state index contributed by atoms with van der Waals surface area (Å²) in [7, 11) is 1.68. The van der Waals surface area contributed by atoms with E-state index in [-0.39, 0.29) is 29.9 Å². The van der Waals surface area contributed by atoms with Crippen LogP contribution in [0.15, 0.2) is 29.3 Å². The van der Waals surface area contributed by atoms with Gasteiger partial charge in [0.25, 0.3) is 0 Å². The summed E-state index contributed by atoms with van der Waals surface area (Å²) in [6.45, 7) is 10.4. The lowest BCUT2D eigenvalue weighted by Crippen LogP contribution is -2.53. The highest BCUT2D eigenvalue weighted by atomic mass is 127. The predicted molar refractivity (Wildman–Crippen MR) is 121 cm³/mol. The van der Waals surface area contributed by atoms with Crippen LogP contribution in [0.3, 0.4) is 0 Å². The molecule has 0 aliphatic carbocycles. The summed E-state index contributed by atoms with van der Waals surface area (Å²) in [5, 5.41) is 3.32. The number of nitrogens with two attached hydrogens (primary N) is 1. The number of halogens is 1. The van der Waals surface area contributed by atoms with Crippen molar-refractivity contribution in [2.24, 2.45) is 16.1 Å². The number of amides is 1. The van der Waals surface area contributed by atoms with E-state index >= 15 is 0 Å². The molecule has 1 heterocycles. The molecule has 152 valence electrons. The molecule has 1 saturated heterocycles. The molecule has 3 N–H and O–H groups in total. The quantitative estimate of drug-likeness (QED) is 0.363. The molecule has 1 fully saturated rings. The van der Waals surface area contributed by atoms with Crippen LogP contribution in [0.25, 0.3) is 0 Å². The maximum Gasteiger partial charge on any atom is 0.224 e. The van der Waals surface area contributed by atoms with E-state index in [0.717, 1.165) is 44.4 Å². The topological polar surface area (TPSA) is 83.2 Å². The number of carbonyl (C=O) groups excluding carboxylic acids is 1. The van der Waals surface area contributed by atoms with Crippen LogP contribution in [-0.2, 0) is 4.79 Å². The number of methoxy groups -OCH3 is 1. The summed E-state index contributed by atoms with van der Waals surface area (Å²) in [5.74, 6) is 1.38. The lowest BCUT2D eigenvalue weighted by molar-refractivity contribution is -0.125. The van der Waals surface area contributed by atoms with Gasteiger partial charge in [-0.3, -0.25) is 9.79 Å². The van der Waals surface area contributed by atoms with Crippen molar-refractivity contribution >= 4 is 41.5 Å². The lowest BCUT2D eigenvalue weighted by Gasteiger charge is -2.38. The normalized spacial score (nSPS) is 15.2. The largest absolute Gasteiger partial charge is 0.497 e. The molecular weight excluding hydrogens is 457 g/mol. The average molecular weight is 489 g/mol. The number of benzene rings is 1. The summed E-state index contributed by atoms with van der Waals surface area (Å²) in [4.78, 5) is 20.8. The molecule has 7 nitrogen and oxygen atoms in total. The van der Waals surface area contributed by atoms with Gasteiger partial charge in [-0.1, -0.05) is 0 Å². The fourth-order valence-corrected chi connectivity index (χ4v) is 2.75. The molecule has 0 unspecified atom stereocenters. The van der Waals surface area contributed by atoms with Gasteiger partial charge in [0.2, 0.25) is 5.91 Å². The molecule has 0 aromatic heterocycles. The van der Waals surface area contributed by atoms with Gasteiger partial charge >= 0.3 is 0 Å². The fraction of sp³-hybridized carbons (Fsp3) is 0.579. The number of aliphatic imine (C=N–C) groups is 1. The average Bonchev–Trinajstić information content (AvgIpc) is 2.65. The van der Waals surface area contributed by atoms with Crippen molar-refractivity contribution in [3.8, 4) is 5.75 Å². The zero-order chi connectivity index (χ0) is 19.2. The maximum atomic E-state index is 11.5. The van der Waals surface area contributed by atoms with Gasteiger partial charge in [0.15, 0.2) is 5.96 Å². The van der Waals surface area contributed by atoms with Crippen molar-refractivity contribution in [3.05, 3.63) is 24.3 Å². The first kappa shape index (κ1) is 23.3. The van der Waals surface area contributed by atoms with E-state index in [1.54, 1.807) is 7.11 Å². The van der Waals surface area contributed by atoms with E-state index in [2.05, 4.69) is 32.2 Å². The molecule has 27 heavy (non-hydrogen) atoms. The van der Waals surface area contributed by atoms with Crippen LogP contribution in [0.5, 0.6) is 5.75 Å². The van der Waals surface area contributed by atoms with Crippen LogP contribution in [0.4, 0.5) is 5.69 Å². The van der Waals surface area contributed by atoms with E-state index in [0.29, 0.717) is 6.54 Å². The van der Waals surface area contributed by atoms with E-state index in [4.69, 9.17) is 10.5 Å². The lowest BCUT2D eigenvalue weighted by atomic mass is 9.93. The van der Waals surface area contributed by atoms with Gasteiger partial charge in [-0.15, -0.1) is 24.0 Å². The molecule has 1 aliphatic heterocycles. The summed E-state index contributed by atoms with van der Waals surface area (Å²) in [6, 6.07) is 8.14. The Hall–Kier alpha value is -1.71. The van der Waals surface area contributed by atoms with Crippen LogP contribution >= 0.6 is 24.0 Å². The minimum atomic E-state index is -0.647. The van der Waals surface area contributed by atoms with E-state index in [1.807, 2.05) is 32.9 Å². The van der Waals surface area contributed by atoms with Crippen LogP contribution in [0.1, 0.15) is 20.8 Å². The zero-order valence-corrected chi connectivity index (χ0v) is 19.0. The third kappa shape index (κ3) is 6.44. The first-order valence-corrected chi connectivity index (χ1v) is 9.09. The Morgan fingerprint density at radius 1 is 1.22 bits per heavy atom. The van der Waals surface area contributed by atoms with Crippen LogP contribution in [0, 0.1) is 5.41 Å². The molecule has 0 bridgehead atoms. The van der Waals surface area contributed by atoms with E-state index in [9.17, 15) is 4.79 Å². The standard InChI is InChI=1S/C19H31N5O2.HI/c1-5-21-18(22-14-19(2,3)17(20)25)24-12-10-23(11-13-24)15-6-8-16(26-4)9-7-15;/h6-9H,5,10-14H2,1-4H3,(H2,20,25)(H,21,22);1H. The number of hydrogen-bond donors (Lipinski definition) is 2. The minimum Gasteiger partial charge on any atom is -0.497 e. The Labute approximate surface area is 179 Å². The molecule has 0 saturated carbocycles. The zero-order valence-electron chi connectivity index (χ0n) is 16.7. The molecule has 1 aliphatic rings. The smallest absolute Gasteiger partial charge is 0.224 e. The number of carbonyl (C=O) groups is 1. The second kappa shape index (κ2) is 10.6. The van der Waals surface area contributed by atoms with Crippen LogP contribution < -0.4 is 20.7 Å². The molecule has 1 aromatic rings. The van der Waals surface area contributed by atoms with Gasteiger partial charge in [-0.05, 0) is 45.0 Å².